The molecule has 1 N–H and O–H groups in total. The van der Waals surface area contributed by atoms with Crippen LogP contribution >= 0.6 is 11.8 Å². The Morgan fingerprint density at radius 3 is 2.83 bits per heavy atom. The lowest BCUT2D eigenvalue weighted by Crippen LogP contribution is -2.32. The second kappa shape index (κ2) is 9.04. The first-order valence-corrected chi connectivity index (χ1v) is 12.4. The normalized spacial score (nSPS) is 26.8. The lowest BCUT2D eigenvalue weighted by atomic mass is 9.90. The predicted octanol–water partition coefficient (Wildman–Crippen LogP) is 5.77. The van der Waals surface area contributed by atoms with Gasteiger partial charge < -0.3 is 14.6 Å². The highest BCUT2D eigenvalue weighted by Gasteiger charge is 2.31. The number of thioether (sulfide) groups is 1. The fourth-order valence-electron chi connectivity index (χ4n) is 4.90. The molecular weight excluding hydrogens is 392 g/mol. The van der Waals surface area contributed by atoms with Crippen LogP contribution in [0.25, 0.3) is 0 Å². The van der Waals surface area contributed by atoms with Crippen molar-refractivity contribution in [3.63, 3.8) is 0 Å². The van der Waals surface area contributed by atoms with Gasteiger partial charge in [-0.2, -0.15) is 0 Å². The Kier molecular flexibility index (Phi) is 6.19. The summed E-state index contributed by atoms with van der Waals surface area (Å²) in [5.41, 5.74) is 7.03. The van der Waals surface area contributed by atoms with E-state index >= 15 is 0 Å². The number of ether oxygens (including phenoxy) is 2. The molecule has 0 amide bonds. The van der Waals surface area contributed by atoms with Crippen LogP contribution in [0.2, 0.25) is 0 Å². The van der Waals surface area contributed by atoms with Crippen LogP contribution in [-0.4, -0.2) is 30.4 Å². The second-order valence-electron chi connectivity index (χ2n) is 9.07. The third-order valence-electron chi connectivity index (χ3n) is 6.70. The first kappa shape index (κ1) is 20.6. The second-order valence-corrected chi connectivity index (χ2v) is 10.2. The summed E-state index contributed by atoms with van der Waals surface area (Å²) < 4.78 is 11.5. The summed E-state index contributed by atoms with van der Waals surface area (Å²) in [5.74, 6) is 1.96. The zero-order valence-corrected chi connectivity index (χ0v) is 18.6. The maximum Gasteiger partial charge on any atom is 0.160 e. The Bertz CT molecular complexity index is 892. The van der Waals surface area contributed by atoms with Crippen LogP contribution in [-0.2, 0) is 22.3 Å². The lowest BCUT2D eigenvalue weighted by Gasteiger charge is -2.32. The molecule has 4 heteroatoms. The summed E-state index contributed by atoms with van der Waals surface area (Å²) in [5, 5.41) is 10.3. The molecule has 2 aromatic rings. The van der Waals surface area contributed by atoms with Gasteiger partial charge in [-0.1, -0.05) is 30.3 Å². The predicted molar refractivity (Wildman–Crippen MR) is 121 cm³/mol. The van der Waals surface area contributed by atoms with Crippen molar-refractivity contribution >= 4 is 11.8 Å². The van der Waals surface area contributed by atoms with Gasteiger partial charge in [-0.05, 0) is 84.1 Å². The van der Waals surface area contributed by atoms with Crippen molar-refractivity contribution in [2.24, 2.45) is 0 Å². The maximum atomic E-state index is 10.3. The summed E-state index contributed by atoms with van der Waals surface area (Å²) >= 11 is 2.01. The molecule has 2 aromatic carbocycles. The number of rotatable bonds is 5. The summed E-state index contributed by atoms with van der Waals surface area (Å²) in [6.07, 6.45) is 7.79. The molecule has 3 aliphatic rings. The molecule has 0 bridgehead atoms. The molecule has 5 rings (SSSR count). The number of benzene rings is 2. The molecule has 0 radical (unpaired) electrons. The molecule has 160 valence electrons. The van der Waals surface area contributed by atoms with E-state index in [1.54, 1.807) is 7.11 Å². The summed E-state index contributed by atoms with van der Waals surface area (Å²) in [6.45, 7) is 0. The Morgan fingerprint density at radius 2 is 2.00 bits per heavy atom. The number of hydrogen-bond acceptors (Lipinski definition) is 4. The molecule has 0 spiro atoms. The molecule has 3 nitrogen and oxygen atoms in total. The van der Waals surface area contributed by atoms with E-state index in [0.717, 1.165) is 12.3 Å². The maximum absolute atomic E-state index is 10.3. The van der Waals surface area contributed by atoms with Gasteiger partial charge in [0.15, 0.2) is 6.29 Å². The number of methoxy groups -OCH3 is 1. The van der Waals surface area contributed by atoms with Gasteiger partial charge in [0, 0.05) is 24.8 Å². The molecule has 3 atom stereocenters. The minimum absolute atomic E-state index is 0.103. The van der Waals surface area contributed by atoms with Crippen LogP contribution in [0.5, 0.6) is 0 Å². The number of aryl methyl sites for hydroxylation is 1. The average molecular weight is 425 g/mol. The van der Waals surface area contributed by atoms with Crippen molar-refractivity contribution in [1.29, 1.82) is 0 Å². The Hall–Kier alpha value is -1.33. The van der Waals surface area contributed by atoms with Gasteiger partial charge in [-0.25, -0.2) is 0 Å². The number of fused-ring (bicyclic) bond motifs is 1. The first-order valence-electron chi connectivity index (χ1n) is 11.4. The van der Waals surface area contributed by atoms with Crippen LogP contribution in [0.3, 0.4) is 0 Å². The van der Waals surface area contributed by atoms with E-state index < -0.39 is 0 Å². The van der Waals surface area contributed by atoms with Crippen LogP contribution in [0, 0.1) is 0 Å². The molecule has 1 saturated heterocycles. The van der Waals surface area contributed by atoms with Gasteiger partial charge in [0.1, 0.15) is 0 Å². The molecule has 1 aliphatic carbocycles. The van der Waals surface area contributed by atoms with Crippen LogP contribution < -0.4 is 0 Å². The fourth-order valence-corrected chi connectivity index (χ4v) is 5.98. The third kappa shape index (κ3) is 4.62. The van der Waals surface area contributed by atoms with Crippen molar-refractivity contribution in [2.45, 2.75) is 80.7 Å². The Balaban J connectivity index is 1.42. The smallest absolute Gasteiger partial charge is 0.160 e. The van der Waals surface area contributed by atoms with E-state index in [1.807, 2.05) is 11.8 Å². The van der Waals surface area contributed by atoms with Crippen LogP contribution in [0.1, 0.15) is 78.4 Å². The Morgan fingerprint density at radius 1 is 1.10 bits per heavy atom. The summed E-state index contributed by atoms with van der Waals surface area (Å²) in [6, 6.07) is 14.0. The van der Waals surface area contributed by atoms with Crippen molar-refractivity contribution in [1.82, 2.24) is 0 Å². The quantitative estimate of drug-likeness (QED) is 0.661. The Labute approximate surface area is 184 Å². The number of aliphatic hydroxyl groups excluding tert-OH is 1. The molecule has 30 heavy (non-hydrogen) atoms. The number of aliphatic hydroxyl groups is 1. The van der Waals surface area contributed by atoms with Crippen molar-refractivity contribution in [3.8, 4) is 0 Å². The van der Waals surface area contributed by atoms with Gasteiger partial charge in [-0.3, -0.25) is 0 Å². The molecular formula is C26H32O3S. The largest absolute Gasteiger partial charge is 0.393 e. The monoisotopic (exact) mass is 424 g/mol. The van der Waals surface area contributed by atoms with Crippen molar-refractivity contribution in [2.75, 3.05) is 12.9 Å². The van der Waals surface area contributed by atoms with E-state index in [-0.39, 0.29) is 18.5 Å². The molecule has 2 heterocycles. The molecule has 2 fully saturated rings. The van der Waals surface area contributed by atoms with Gasteiger partial charge in [-0.15, -0.1) is 11.8 Å². The topological polar surface area (TPSA) is 38.7 Å². The van der Waals surface area contributed by atoms with E-state index in [9.17, 15) is 5.11 Å². The van der Waals surface area contributed by atoms with Gasteiger partial charge >= 0.3 is 0 Å². The fraction of sp³-hybridized carbons (Fsp3) is 0.538. The van der Waals surface area contributed by atoms with E-state index in [4.69, 9.17) is 9.47 Å². The van der Waals surface area contributed by atoms with E-state index in [2.05, 4.69) is 36.4 Å². The third-order valence-corrected chi connectivity index (χ3v) is 7.91. The first-order chi connectivity index (χ1) is 14.7. The highest BCUT2D eigenvalue weighted by Crippen LogP contribution is 2.43. The molecule has 1 saturated carbocycles. The van der Waals surface area contributed by atoms with E-state index in [0.29, 0.717) is 12.8 Å². The highest BCUT2D eigenvalue weighted by molar-refractivity contribution is 7.99. The molecule has 0 aromatic heterocycles. The average Bonchev–Trinajstić information content (AvgIpc) is 3.60. The standard InChI is InChI=1S/C26H32O3S/c1-28-26-16-22(27)15-24(29-26)19-8-9-23(18-6-7-18)21(14-19)13-17-5-10-25-20(12-17)4-2-3-11-30-25/h5,8-10,12,14,18,22,24,26-27H,2-4,6-7,11,13,15-16H2,1H3. The van der Waals surface area contributed by atoms with Gasteiger partial charge in [0.2, 0.25) is 0 Å². The van der Waals surface area contributed by atoms with Crippen LogP contribution in [0.15, 0.2) is 41.3 Å². The van der Waals surface area contributed by atoms with Gasteiger partial charge in [0.05, 0.1) is 12.2 Å². The zero-order valence-electron chi connectivity index (χ0n) is 17.8. The molecule has 3 unspecified atom stereocenters. The van der Waals surface area contributed by atoms with Gasteiger partial charge in [0.25, 0.3) is 0 Å². The number of hydrogen-bond donors (Lipinski definition) is 1. The highest BCUT2D eigenvalue weighted by atomic mass is 32.2. The molecule has 2 aliphatic heterocycles. The summed E-state index contributed by atoms with van der Waals surface area (Å²) in [7, 11) is 1.65. The minimum Gasteiger partial charge on any atom is -0.393 e. The summed E-state index contributed by atoms with van der Waals surface area (Å²) in [4.78, 5) is 1.47. The van der Waals surface area contributed by atoms with Crippen molar-refractivity contribution < 1.29 is 14.6 Å². The lowest BCUT2D eigenvalue weighted by molar-refractivity contribution is -0.205. The van der Waals surface area contributed by atoms with E-state index in [1.165, 1.54) is 70.6 Å². The minimum atomic E-state index is -0.373. The van der Waals surface area contributed by atoms with Crippen molar-refractivity contribution in [3.05, 3.63) is 64.2 Å². The SMILES string of the molecule is COC1CC(O)CC(c2ccc(C3CC3)c(Cc3ccc4c(c3)CCCCS4)c2)O1. The zero-order chi connectivity index (χ0) is 20.5. The van der Waals surface area contributed by atoms with Crippen LogP contribution in [0.4, 0.5) is 0 Å².